The van der Waals surface area contributed by atoms with Gasteiger partial charge in [0.05, 0.1) is 0 Å². The molecule has 0 spiro atoms. The van der Waals surface area contributed by atoms with Crippen LogP contribution < -0.4 is 10.6 Å². The lowest BCUT2D eigenvalue weighted by Gasteiger charge is -2.25. The van der Waals surface area contributed by atoms with Gasteiger partial charge in [0.25, 0.3) is 5.91 Å². The summed E-state index contributed by atoms with van der Waals surface area (Å²) in [6, 6.07) is 7.84. The number of hydrogen-bond acceptors (Lipinski definition) is 2. The average Bonchev–Trinajstić information content (AvgIpc) is 2.58. The van der Waals surface area contributed by atoms with E-state index >= 15 is 0 Å². The van der Waals surface area contributed by atoms with Crippen molar-refractivity contribution in [3.8, 4) is 0 Å². The van der Waals surface area contributed by atoms with E-state index in [1.165, 1.54) is 0 Å². The SMILES string of the molecule is CCNC(=NCC(C)(C)CC(C)C)NCCc1cccc(C(=O)N(C)C)c1.I. The van der Waals surface area contributed by atoms with E-state index in [1.54, 1.807) is 19.0 Å². The van der Waals surface area contributed by atoms with Gasteiger partial charge < -0.3 is 15.5 Å². The van der Waals surface area contributed by atoms with Gasteiger partial charge in [-0.3, -0.25) is 9.79 Å². The highest BCUT2D eigenvalue weighted by atomic mass is 127. The Hall–Kier alpha value is -1.31. The van der Waals surface area contributed by atoms with Crippen molar-refractivity contribution in [2.45, 2.75) is 47.5 Å². The van der Waals surface area contributed by atoms with Crippen molar-refractivity contribution >= 4 is 35.8 Å². The fourth-order valence-corrected chi connectivity index (χ4v) is 3.25. The summed E-state index contributed by atoms with van der Waals surface area (Å²) in [6.07, 6.45) is 2.00. The van der Waals surface area contributed by atoms with Gasteiger partial charge in [-0.2, -0.15) is 0 Å². The van der Waals surface area contributed by atoms with Crippen LogP contribution in [0.5, 0.6) is 0 Å². The van der Waals surface area contributed by atoms with Crippen LogP contribution in [0.3, 0.4) is 0 Å². The molecule has 28 heavy (non-hydrogen) atoms. The molecule has 160 valence electrons. The first kappa shape index (κ1) is 26.7. The molecule has 2 N–H and O–H groups in total. The number of rotatable bonds is 9. The van der Waals surface area contributed by atoms with E-state index in [1.807, 2.05) is 18.2 Å². The number of aliphatic imine (C=N–C) groups is 1. The molecule has 0 aliphatic heterocycles. The molecule has 0 saturated carbocycles. The Balaban J connectivity index is 0.00000729. The van der Waals surface area contributed by atoms with E-state index in [0.717, 1.165) is 49.6 Å². The van der Waals surface area contributed by atoms with Crippen LogP contribution in [0.4, 0.5) is 0 Å². The standard InChI is InChI=1S/C22H38N4O.HI/c1-8-23-21(25-16-22(4,5)15-17(2)3)24-13-12-18-10-9-11-19(14-18)20(27)26(6)7;/h9-11,14,17H,8,12-13,15-16H2,1-7H3,(H2,23,24,25);1H. The van der Waals surface area contributed by atoms with Gasteiger partial charge in [0.2, 0.25) is 0 Å². The molecule has 0 aliphatic rings. The monoisotopic (exact) mass is 502 g/mol. The maximum atomic E-state index is 12.1. The van der Waals surface area contributed by atoms with Gasteiger partial charge >= 0.3 is 0 Å². The fraction of sp³-hybridized carbons (Fsp3) is 0.636. The minimum atomic E-state index is 0. The minimum absolute atomic E-state index is 0. The summed E-state index contributed by atoms with van der Waals surface area (Å²) in [6.45, 7) is 13.5. The Bertz CT molecular complexity index is 627. The normalized spacial score (nSPS) is 11.8. The van der Waals surface area contributed by atoms with E-state index < -0.39 is 0 Å². The van der Waals surface area contributed by atoms with Crippen LogP contribution in [0, 0.1) is 11.3 Å². The van der Waals surface area contributed by atoms with E-state index in [4.69, 9.17) is 4.99 Å². The Morgan fingerprint density at radius 1 is 1.21 bits per heavy atom. The molecule has 1 aromatic rings. The number of nitrogens with one attached hydrogen (secondary N) is 2. The van der Waals surface area contributed by atoms with Crippen LogP contribution in [0.2, 0.25) is 0 Å². The molecule has 0 saturated heterocycles. The van der Waals surface area contributed by atoms with Crippen molar-refractivity contribution < 1.29 is 4.79 Å². The maximum absolute atomic E-state index is 12.1. The topological polar surface area (TPSA) is 56.7 Å². The number of nitrogens with zero attached hydrogens (tertiary/aromatic N) is 2. The highest BCUT2D eigenvalue weighted by Crippen LogP contribution is 2.25. The number of benzene rings is 1. The number of guanidine groups is 1. The number of hydrogen-bond donors (Lipinski definition) is 2. The lowest BCUT2D eigenvalue weighted by Crippen LogP contribution is -2.39. The van der Waals surface area contributed by atoms with Crippen LogP contribution in [0.25, 0.3) is 0 Å². The van der Waals surface area contributed by atoms with Crippen LogP contribution in [-0.2, 0) is 6.42 Å². The summed E-state index contributed by atoms with van der Waals surface area (Å²) >= 11 is 0. The molecular weight excluding hydrogens is 463 g/mol. The van der Waals surface area contributed by atoms with Crippen LogP contribution in [0.15, 0.2) is 29.3 Å². The van der Waals surface area contributed by atoms with Crippen molar-refractivity contribution in [2.24, 2.45) is 16.3 Å². The Kier molecular flexibility index (Phi) is 12.4. The first-order valence-electron chi connectivity index (χ1n) is 9.97. The van der Waals surface area contributed by atoms with Gasteiger partial charge in [-0.25, -0.2) is 0 Å². The molecule has 1 aromatic carbocycles. The zero-order valence-electron chi connectivity index (χ0n) is 18.6. The lowest BCUT2D eigenvalue weighted by atomic mass is 9.84. The Morgan fingerprint density at radius 2 is 1.89 bits per heavy atom. The Morgan fingerprint density at radius 3 is 2.46 bits per heavy atom. The number of carbonyl (C=O) groups excluding carboxylic acids is 1. The smallest absolute Gasteiger partial charge is 0.253 e. The second kappa shape index (κ2) is 13.0. The van der Waals surface area contributed by atoms with Crippen molar-refractivity contribution in [1.82, 2.24) is 15.5 Å². The molecule has 5 nitrogen and oxygen atoms in total. The summed E-state index contributed by atoms with van der Waals surface area (Å²) in [7, 11) is 3.55. The zero-order valence-corrected chi connectivity index (χ0v) is 21.0. The third kappa shape index (κ3) is 10.3. The van der Waals surface area contributed by atoms with Gasteiger partial charge in [-0.05, 0) is 48.8 Å². The number of halogens is 1. The predicted octanol–water partition coefficient (Wildman–Crippen LogP) is 4.18. The van der Waals surface area contributed by atoms with Crippen LogP contribution >= 0.6 is 24.0 Å². The van der Waals surface area contributed by atoms with E-state index in [0.29, 0.717) is 5.92 Å². The third-order valence-electron chi connectivity index (χ3n) is 4.26. The van der Waals surface area contributed by atoms with Crippen molar-refractivity contribution in [2.75, 3.05) is 33.7 Å². The van der Waals surface area contributed by atoms with Crippen LogP contribution in [0.1, 0.15) is 57.0 Å². The molecule has 0 bridgehead atoms. The average molecular weight is 502 g/mol. The van der Waals surface area contributed by atoms with Crippen molar-refractivity contribution in [3.05, 3.63) is 35.4 Å². The highest BCUT2D eigenvalue weighted by molar-refractivity contribution is 14.0. The number of amides is 1. The minimum Gasteiger partial charge on any atom is -0.357 e. The van der Waals surface area contributed by atoms with E-state index in [-0.39, 0.29) is 35.3 Å². The van der Waals surface area contributed by atoms with Gasteiger partial charge in [-0.15, -0.1) is 24.0 Å². The number of carbonyl (C=O) groups is 1. The zero-order chi connectivity index (χ0) is 20.4. The molecule has 6 heteroatoms. The molecule has 1 amide bonds. The van der Waals surface area contributed by atoms with Crippen LogP contribution in [-0.4, -0.2) is 50.5 Å². The van der Waals surface area contributed by atoms with Gasteiger partial charge in [-0.1, -0.05) is 39.8 Å². The summed E-state index contributed by atoms with van der Waals surface area (Å²) in [5, 5.41) is 6.73. The summed E-state index contributed by atoms with van der Waals surface area (Å²) in [4.78, 5) is 18.5. The largest absolute Gasteiger partial charge is 0.357 e. The molecule has 0 fully saturated rings. The quantitative estimate of drug-likeness (QED) is 0.303. The summed E-state index contributed by atoms with van der Waals surface area (Å²) < 4.78 is 0. The van der Waals surface area contributed by atoms with Crippen molar-refractivity contribution in [1.29, 1.82) is 0 Å². The molecule has 0 aliphatic carbocycles. The molecule has 0 atom stereocenters. The Labute approximate surface area is 188 Å². The van der Waals surface area contributed by atoms with Gasteiger partial charge in [0, 0.05) is 39.3 Å². The predicted molar refractivity (Wildman–Crippen MR) is 131 cm³/mol. The second-order valence-corrected chi connectivity index (χ2v) is 8.53. The second-order valence-electron chi connectivity index (χ2n) is 8.53. The third-order valence-corrected chi connectivity index (χ3v) is 4.26. The van der Waals surface area contributed by atoms with E-state index in [2.05, 4.69) is 51.3 Å². The molecule has 0 aromatic heterocycles. The molecule has 0 unspecified atom stereocenters. The van der Waals surface area contributed by atoms with Gasteiger partial charge in [0.1, 0.15) is 0 Å². The highest BCUT2D eigenvalue weighted by Gasteiger charge is 2.19. The molecular formula is C22H39IN4O. The molecule has 1 rings (SSSR count). The molecule has 0 heterocycles. The lowest BCUT2D eigenvalue weighted by molar-refractivity contribution is 0.0827. The maximum Gasteiger partial charge on any atom is 0.253 e. The molecule has 0 radical (unpaired) electrons. The first-order valence-corrected chi connectivity index (χ1v) is 9.97. The summed E-state index contributed by atoms with van der Waals surface area (Å²) in [5.74, 6) is 1.56. The van der Waals surface area contributed by atoms with Gasteiger partial charge in [0.15, 0.2) is 5.96 Å². The summed E-state index contributed by atoms with van der Waals surface area (Å²) in [5.41, 5.74) is 2.07. The first-order chi connectivity index (χ1) is 12.6. The van der Waals surface area contributed by atoms with E-state index in [9.17, 15) is 4.79 Å². The van der Waals surface area contributed by atoms with Crippen molar-refractivity contribution in [3.63, 3.8) is 0 Å². The fourth-order valence-electron chi connectivity index (χ4n) is 3.25.